The molecule has 1 amide bonds. The van der Waals surface area contributed by atoms with Crippen LogP contribution >= 0.6 is 0 Å². The molecule has 0 aliphatic carbocycles. The van der Waals surface area contributed by atoms with Crippen molar-refractivity contribution >= 4 is 5.91 Å². The van der Waals surface area contributed by atoms with E-state index >= 15 is 0 Å². The third-order valence-electron chi connectivity index (χ3n) is 2.78. The molecular formula is C14H15F3N2O2. The summed E-state index contributed by atoms with van der Waals surface area (Å²) in [4.78, 5) is 13.2. The van der Waals surface area contributed by atoms with Crippen LogP contribution in [0.1, 0.15) is 18.9 Å². The van der Waals surface area contributed by atoms with Crippen LogP contribution in [0.3, 0.4) is 0 Å². The number of halogens is 3. The number of hydrogen-bond donors (Lipinski definition) is 0. The molecule has 0 aliphatic heterocycles. The molecule has 0 saturated carbocycles. The predicted octanol–water partition coefficient (Wildman–Crippen LogP) is 2.84. The molecule has 1 aromatic rings. The maximum Gasteiger partial charge on any atom is 0.419 e. The molecule has 0 N–H and O–H groups in total. The summed E-state index contributed by atoms with van der Waals surface area (Å²) in [5.41, 5.74) is -0.927. The Morgan fingerprint density at radius 3 is 2.62 bits per heavy atom. The highest BCUT2D eigenvalue weighted by molar-refractivity contribution is 5.80. The van der Waals surface area contributed by atoms with Gasteiger partial charge in [-0.3, -0.25) is 4.79 Å². The first-order chi connectivity index (χ1) is 9.77. The SMILES string of the molecule is C[C@@H](Oc1ccccc1C(F)(F)F)C(=O)N(C)CCC#N. The molecule has 114 valence electrons. The highest BCUT2D eigenvalue weighted by Gasteiger charge is 2.35. The third kappa shape index (κ3) is 4.67. The minimum atomic E-state index is -4.55. The van der Waals surface area contributed by atoms with E-state index in [0.29, 0.717) is 0 Å². The smallest absolute Gasteiger partial charge is 0.419 e. The van der Waals surface area contributed by atoms with E-state index in [1.54, 1.807) is 0 Å². The average Bonchev–Trinajstić information content (AvgIpc) is 2.43. The van der Waals surface area contributed by atoms with Gasteiger partial charge in [-0.05, 0) is 19.1 Å². The number of para-hydroxylation sites is 1. The van der Waals surface area contributed by atoms with Crippen LogP contribution in [0.15, 0.2) is 24.3 Å². The molecule has 0 spiro atoms. The fourth-order valence-electron chi connectivity index (χ4n) is 1.68. The van der Waals surface area contributed by atoms with Crippen molar-refractivity contribution in [3.05, 3.63) is 29.8 Å². The van der Waals surface area contributed by atoms with E-state index in [2.05, 4.69) is 0 Å². The van der Waals surface area contributed by atoms with Crippen molar-refractivity contribution in [1.82, 2.24) is 4.90 Å². The fourth-order valence-corrected chi connectivity index (χ4v) is 1.68. The lowest BCUT2D eigenvalue weighted by Gasteiger charge is -2.22. The highest BCUT2D eigenvalue weighted by Crippen LogP contribution is 2.36. The Labute approximate surface area is 120 Å². The molecule has 0 aromatic heterocycles. The van der Waals surface area contributed by atoms with Crippen LogP contribution in [-0.4, -0.2) is 30.5 Å². The number of rotatable bonds is 5. The van der Waals surface area contributed by atoms with Gasteiger partial charge >= 0.3 is 6.18 Å². The van der Waals surface area contributed by atoms with Crippen molar-refractivity contribution in [2.75, 3.05) is 13.6 Å². The van der Waals surface area contributed by atoms with Gasteiger partial charge in [0.15, 0.2) is 6.10 Å². The largest absolute Gasteiger partial charge is 0.480 e. The number of carbonyl (C=O) groups is 1. The van der Waals surface area contributed by atoms with Crippen LogP contribution in [0.25, 0.3) is 0 Å². The Hall–Kier alpha value is -2.23. The Kier molecular flexibility index (Phi) is 5.59. The van der Waals surface area contributed by atoms with E-state index < -0.39 is 23.8 Å². The molecule has 1 rings (SSSR count). The van der Waals surface area contributed by atoms with Gasteiger partial charge in [-0.25, -0.2) is 0 Å². The molecule has 0 radical (unpaired) electrons. The Morgan fingerprint density at radius 1 is 1.43 bits per heavy atom. The van der Waals surface area contributed by atoms with Gasteiger partial charge < -0.3 is 9.64 Å². The van der Waals surface area contributed by atoms with Gasteiger partial charge in [-0.15, -0.1) is 0 Å². The normalized spacial score (nSPS) is 12.4. The minimum Gasteiger partial charge on any atom is -0.480 e. The summed E-state index contributed by atoms with van der Waals surface area (Å²) in [6.07, 6.45) is -5.47. The molecule has 21 heavy (non-hydrogen) atoms. The van der Waals surface area contributed by atoms with Crippen molar-refractivity contribution in [3.8, 4) is 11.8 Å². The van der Waals surface area contributed by atoms with Crippen molar-refractivity contribution in [1.29, 1.82) is 5.26 Å². The fraction of sp³-hybridized carbons (Fsp3) is 0.429. The second-order valence-electron chi connectivity index (χ2n) is 4.42. The number of amides is 1. The first-order valence-corrected chi connectivity index (χ1v) is 6.22. The molecule has 0 aliphatic rings. The molecular weight excluding hydrogens is 285 g/mol. The van der Waals surface area contributed by atoms with Crippen LogP contribution in [0.2, 0.25) is 0 Å². The number of carbonyl (C=O) groups excluding carboxylic acids is 1. The maximum absolute atomic E-state index is 12.8. The van der Waals surface area contributed by atoms with Crippen LogP contribution in [-0.2, 0) is 11.0 Å². The van der Waals surface area contributed by atoms with Crippen molar-refractivity contribution in [3.63, 3.8) is 0 Å². The predicted molar refractivity (Wildman–Crippen MR) is 69.4 cm³/mol. The van der Waals surface area contributed by atoms with Gasteiger partial charge in [0.1, 0.15) is 5.75 Å². The van der Waals surface area contributed by atoms with Crippen LogP contribution in [0.4, 0.5) is 13.2 Å². The lowest BCUT2D eigenvalue weighted by Crippen LogP contribution is -2.38. The third-order valence-corrected chi connectivity index (χ3v) is 2.78. The van der Waals surface area contributed by atoms with Gasteiger partial charge in [0.2, 0.25) is 0 Å². The quantitative estimate of drug-likeness (QED) is 0.840. The van der Waals surface area contributed by atoms with E-state index in [1.807, 2.05) is 6.07 Å². The highest BCUT2D eigenvalue weighted by atomic mass is 19.4. The zero-order chi connectivity index (χ0) is 16.0. The molecule has 7 heteroatoms. The molecule has 0 saturated heterocycles. The molecule has 0 heterocycles. The van der Waals surface area contributed by atoms with Gasteiger partial charge in [0.25, 0.3) is 5.91 Å². The molecule has 1 aromatic carbocycles. The number of benzene rings is 1. The second kappa shape index (κ2) is 6.97. The number of nitrogens with zero attached hydrogens (tertiary/aromatic N) is 2. The zero-order valence-corrected chi connectivity index (χ0v) is 11.6. The molecule has 0 bridgehead atoms. The maximum atomic E-state index is 12.8. The Bertz CT molecular complexity index is 538. The van der Waals surface area contributed by atoms with E-state index in [-0.39, 0.29) is 18.7 Å². The molecule has 1 atom stereocenters. The monoisotopic (exact) mass is 300 g/mol. The minimum absolute atomic E-state index is 0.147. The summed E-state index contributed by atoms with van der Waals surface area (Å²) in [6.45, 7) is 1.57. The van der Waals surface area contributed by atoms with Crippen molar-refractivity contribution < 1.29 is 22.7 Å². The summed E-state index contributed by atoms with van der Waals surface area (Å²) in [6, 6.07) is 6.61. The van der Waals surface area contributed by atoms with Crippen molar-refractivity contribution in [2.24, 2.45) is 0 Å². The van der Waals surface area contributed by atoms with Crippen LogP contribution < -0.4 is 4.74 Å². The number of ether oxygens (including phenoxy) is 1. The first-order valence-electron chi connectivity index (χ1n) is 6.22. The van der Waals surface area contributed by atoms with Gasteiger partial charge in [-0.1, -0.05) is 12.1 Å². The summed E-state index contributed by atoms with van der Waals surface area (Å²) in [5.74, 6) is -0.873. The second-order valence-corrected chi connectivity index (χ2v) is 4.42. The molecule has 0 fully saturated rings. The number of alkyl halides is 3. The summed E-state index contributed by atoms with van der Waals surface area (Å²) < 4.78 is 43.6. The van der Waals surface area contributed by atoms with Gasteiger partial charge in [0.05, 0.1) is 18.1 Å². The number of hydrogen-bond acceptors (Lipinski definition) is 3. The van der Waals surface area contributed by atoms with E-state index in [1.165, 1.54) is 37.1 Å². The van der Waals surface area contributed by atoms with Crippen LogP contribution in [0, 0.1) is 11.3 Å². The zero-order valence-electron chi connectivity index (χ0n) is 11.6. The first kappa shape index (κ1) is 16.8. The number of nitriles is 1. The molecule has 0 unspecified atom stereocenters. The van der Waals surface area contributed by atoms with Gasteiger partial charge in [-0.2, -0.15) is 18.4 Å². The van der Waals surface area contributed by atoms with Crippen LogP contribution in [0.5, 0.6) is 5.75 Å². The lowest BCUT2D eigenvalue weighted by molar-refractivity contribution is -0.142. The topological polar surface area (TPSA) is 53.3 Å². The summed E-state index contributed by atoms with van der Waals surface area (Å²) in [5, 5.41) is 8.45. The van der Waals surface area contributed by atoms with E-state index in [0.717, 1.165) is 6.07 Å². The lowest BCUT2D eigenvalue weighted by atomic mass is 10.2. The molecule has 4 nitrogen and oxygen atoms in total. The van der Waals surface area contributed by atoms with E-state index in [9.17, 15) is 18.0 Å². The van der Waals surface area contributed by atoms with E-state index in [4.69, 9.17) is 10.00 Å². The van der Waals surface area contributed by atoms with Crippen molar-refractivity contribution in [2.45, 2.75) is 25.6 Å². The summed E-state index contributed by atoms with van der Waals surface area (Å²) >= 11 is 0. The van der Waals surface area contributed by atoms with Gasteiger partial charge in [0, 0.05) is 13.6 Å². The Balaban J connectivity index is 2.82. The summed E-state index contributed by atoms with van der Waals surface area (Å²) in [7, 11) is 1.47. The average molecular weight is 300 g/mol. The standard InChI is InChI=1S/C14H15F3N2O2/c1-10(13(20)19(2)9-5-8-18)21-12-7-4-3-6-11(12)14(15,16)17/h3-4,6-7,10H,5,9H2,1-2H3/t10-/m1/s1. The number of likely N-dealkylation sites (N-methyl/N-ethyl adjacent to an activating group) is 1. The Morgan fingerprint density at radius 2 is 2.05 bits per heavy atom.